The second kappa shape index (κ2) is 17.9. The third-order valence-electron chi connectivity index (χ3n) is 13.5. The lowest BCUT2D eigenvalue weighted by Gasteiger charge is -2.42. The second-order valence-corrected chi connectivity index (χ2v) is 19.3. The number of anilines is 2. The molecule has 67 heavy (non-hydrogen) atoms. The van der Waals surface area contributed by atoms with Crippen LogP contribution in [0.4, 0.5) is 38.4 Å². The third kappa shape index (κ3) is 9.35. The van der Waals surface area contributed by atoms with Crippen LogP contribution in [0.2, 0.25) is 0 Å². The fourth-order valence-corrected chi connectivity index (χ4v) is 10.4. The van der Waals surface area contributed by atoms with E-state index < -0.39 is 52.2 Å². The Labute approximate surface area is 387 Å². The fraction of sp³-hybridized carbons (Fsp3) is 0.480. The van der Waals surface area contributed by atoms with Gasteiger partial charge in [0.15, 0.2) is 5.82 Å². The quantitative estimate of drug-likeness (QED) is 0.112. The van der Waals surface area contributed by atoms with Gasteiger partial charge in [0.2, 0.25) is 0 Å². The number of amides is 1. The molecular weight excluding hydrogens is 874 g/mol. The number of fused-ring (bicyclic) bond motifs is 4. The van der Waals surface area contributed by atoms with Crippen molar-refractivity contribution in [1.29, 1.82) is 0 Å². The summed E-state index contributed by atoms with van der Waals surface area (Å²) in [5.41, 5.74) is -2.07. The molecule has 0 radical (unpaired) electrons. The van der Waals surface area contributed by atoms with Gasteiger partial charge in [-0.15, -0.1) is 0 Å². The van der Waals surface area contributed by atoms with E-state index in [2.05, 4.69) is 14.9 Å². The molecule has 4 aliphatic rings. The average molecular weight is 930 g/mol. The number of aromatic nitrogens is 3. The molecule has 9 rings (SSSR count). The summed E-state index contributed by atoms with van der Waals surface area (Å²) >= 11 is 0. The number of pyridine rings is 1. The minimum atomic E-state index is -4.91. The van der Waals surface area contributed by atoms with Crippen LogP contribution in [0, 0.1) is 12.7 Å². The van der Waals surface area contributed by atoms with E-state index in [0.717, 1.165) is 24.1 Å². The van der Waals surface area contributed by atoms with Crippen molar-refractivity contribution in [3.8, 4) is 28.8 Å². The first kappa shape index (κ1) is 46.2. The molecule has 356 valence electrons. The van der Waals surface area contributed by atoms with Gasteiger partial charge in [-0.3, -0.25) is 9.80 Å². The van der Waals surface area contributed by atoms with Crippen molar-refractivity contribution in [3.63, 3.8) is 0 Å². The molecule has 17 heteroatoms. The predicted molar refractivity (Wildman–Crippen MR) is 244 cm³/mol. The van der Waals surface area contributed by atoms with Gasteiger partial charge in [0.1, 0.15) is 47.0 Å². The van der Waals surface area contributed by atoms with Gasteiger partial charge in [0.05, 0.1) is 43.1 Å². The van der Waals surface area contributed by atoms with Crippen molar-refractivity contribution in [3.05, 3.63) is 94.8 Å². The van der Waals surface area contributed by atoms with E-state index in [-0.39, 0.29) is 66.5 Å². The van der Waals surface area contributed by atoms with Crippen molar-refractivity contribution in [1.82, 2.24) is 24.8 Å². The number of benzene rings is 3. The van der Waals surface area contributed by atoms with Gasteiger partial charge in [0.25, 0.3) is 0 Å². The fourth-order valence-electron chi connectivity index (χ4n) is 10.4. The average Bonchev–Trinajstić information content (AvgIpc) is 3.91. The number of methoxy groups -OCH3 is 2. The number of halogens is 5. The smallest absolute Gasteiger partial charge is 0.418 e. The lowest BCUT2D eigenvalue weighted by atomic mass is 9.95. The van der Waals surface area contributed by atoms with Gasteiger partial charge in [-0.2, -0.15) is 23.1 Å². The number of alkyl halides is 4. The summed E-state index contributed by atoms with van der Waals surface area (Å²) in [6.45, 7) is 9.03. The Bertz CT molecular complexity index is 2570. The minimum absolute atomic E-state index is 0.0522. The maximum absolute atomic E-state index is 17.7. The Morgan fingerprint density at radius 2 is 1.49 bits per heavy atom. The largest absolute Gasteiger partial charge is 0.497 e. The topological polar surface area (TPSA) is 106 Å². The summed E-state index contributed by atoms with van der Waals surface area (Å²) < 4.78 is 101. The summed E-state index contributed by atoms with van der Waals surface area (Å²) in [5, 5.41) is 0.256. The third-order valence-corrected chi connectivity index (χ3v) is 13.5. The Kier molecular flexibility index (Phi) is 12.3. The number of carbonyl (C=O) groups is 1. The number of ether oxygens (including phenoxy) is 4. The summed E-state index contributed by atoms with van der Waals surface area (Å²) in [5.74, 6) is 0.775. The van der Waals surface area contributed by atoms with Gasteiger partial charge in [-0.25, -0.2) is 18.6 Å². The molecule has 0 spiro atoms. The lowest BCUT2D eigenvalue weighted by Crippen LogP contribution is -2.57. The van der Waals surface area contributed by atoms with E-state index in [0.29, 0.717) is 56.2 Å². The van der Waals surface area contributed by atoms with Crippen LogP contribution >= 0.6 is 0 Å². The summed E-state index contributed by atoms with van der Waals surface area (Å²) in [6.07, 6.45) is -3.07. The zero-order chi connectivity index (χ0) is 47.4. The van der Waals surface area contributed by atoms with Crippen molar-refractivity contribution in [2.45, 2.75) is 108 Å². The van der Waals surface area contributed by atoms with Crippen molar-refractivity contribution < 1.29 is 45.7 Å². The Morgan fingerprint density at radius 1 is 0.866 bits per heavy atom. The first-order valence-electron chi connectivity index (χ1n) is 22.8. The predicted octanol–water partition coefficient (Wildman–Crippen LogP) is 9.93. The lowest BCUT2D eigenvalue weighted by molar-refractivity contribution is -0.137. The molecule has 0 aliphatic carbocycles. The maximum atomic E-state index is 17.7. The zero-order valence-electron chi connectivity index (χ0n) is 38.6. The summed E-state index contributed by atoms with van der Waals surface area (Å²) in [6, 6.07) is 18.3. The zero-order valence-corrected chi connectivity index (χ0v) is 38.6. The van der Waals surface area contributed by atoms with Crippen LogP contribution in [0.1, 0.15) is 75.1 Å². The number of piperazine rings is 1. The normalized spacial score (nSPS) is 21.7. The monoisotopic (exact) mass is 929 g/mol. The Morgan fingerprint density at radius 3 is 2.07 bits per heavy atom. The number of nitrogens with zero attached hydrogens (tertiary/aromatic N) is 7. The van der Waals surface area contributed by atoms with Crippen LogP contribution in [0.5, 0.6) is 17.5 Å². The van der Waals surface area contributed by atoms with E-state index in [4.69, 9.17) is 23.9 Å². The molecule has 1 amide bonds. The van der Waals surface area contributed by atoms with Crippen molar-refractivity contribution in [2.75, 3.05) is 56.8 Å². The summed E-state index contributed by atoms with van der Waals surface area (Å²) in [4.78, 5) is 35.2. The SMILES string of the molecule is COc1ccc(CN(Cc2ccc(OC)cc2)c2cc(C)c(C(F)(F)F)c(-c3ccc4c(N5CC6CCC(C5)N6C(=O)OC(C)(C)C)nc(OC[C@@]56CCCN5C[C@H](F)C6)nc4c3F)n2)cc1. The highest BCUT2D eigenvalue weighted by atomic mass is 19.4. The van der Waals surface area contributed by atoms with Gasteiger partial charge in [0, 0.05) is 50.1 Å². The second-order valence-electron chi connectivity index (χ2n) is 19.3. The molecule has 2 aromatic heterocycles. The van der Waals surface area contributed by atoms with Gasteiger partial charge < -0.3 is 28.7 Å². The van der Waals surface area contributed by atoms with E-state index in [9.17, 15) is 9.18 Å². The molecule has 4 saturated heterocycles. The molecule has 12 nitrogen and oxygen atoms in total. The van der Waals surface area contributed by atoms with Crippen LogP contribution in [0.15, 0.2) is 66.7 Å². The van der Waals surface area contributed by atoms with Gasteiger partial charge >= 0.3 is 18.3 Å². The highest BCUT2D eigenvalue weighted by molar-refractivity contribution is 5.94. The van der Waals surface area contributed by atoms with Crippen LogP contribution in [-0.2, 0) is 24.0 Å². The molecule has 0 N–H and O–H groups in total. The number of rotatable bonds is 12. The minimum Gasteiger partial charge on any atom is -0.497 e. The maximum Gasteiger partial charge on any atom is 0.418 e. The Hall–Kier alpha value is -5.97. The number of hydrogen-bond donors (Lipinski definition) is 0. The molecule has 2 bridgehead atoms. The van der Waals surface area contributed by atoms with Gasteiger partial charge in [-0.05, 0) is 119 Å². The van der Waals surface area contributed by atoms with E-state index in [1.54, 1.807) is 43.4 Å². The first-order chi connectivity index (χ1) is 31.9. The molecule has 0 saturated carbocycles. The standard InChI is InChI=1S/C50H56F5N7O5/c1-30-22-40(59(24-31-8-14-36(64-5)15-9-31)25-32-10-16-37(65-6)17-11-32)56-43(41(30)50(53,54)55)38-18-19-39-44(42(38)52)57-46(66-29-49-20-7-21-61(49)26-33(51)23-49)58-45(39)60-27-34-12-13-35(28-60)62(34)47(63)67-48(2,3)4/h8-11,14-19,22,33-35H,7,12-13,20-21,23-29H2,1-6H3/t33-,34?,35?,49+/m1/s1. The van der Waals surface area contributed by atoms with Crippen LogP contribution in [-0.4, -0.2) is 107 Å². The van der Waals surface area contributed by atoms with Crippen molar-refractivity contribution in [2.24, 2.45) is 0 Å². The van der Waals surface area contributed by atoms with Crippen LogP contribution < -0.4 is 24.0 Å². The molecule has 6 heterocycles. The van der Waals surface area contributed by atoms with Crippen LogP contribution in [0.3, 0.4) is 0 Å². The van der Waals surface area contributed by atoms with E-state index >= 15 is 17.6 Å². The van der Waals surface area contributed by atoms with E-state index in [1.165, 1.54) is 25.1 Å². The highest BCUT2D eigenvalue weighted by Crippen LogP contribution is 2.45. The number of hydrogen-bond acceptors (Lipinski definition) is 11. The molecule has 2 unspecified atom stereocenters. The molecule has 4 atom stereocenters. The van der Waals surface area contributed by atoms with E-state index in [1.807, 2.05) is 54.8 Å². The van der Waals surface area contributed by atoms with Crippen molar-refractivity contribution >= 4 is 28.6 Å². The first-order valence-corrected chi connectivity index (χ1v) is 22.8. The molecule has 3 aromatic carbocycles. The highest BCUT2D eigenvalue weighted by Gasteiger charge is 2.50. The molecule has 4 aliphatic heterocycles. The van der Waals surface area contributed by atoms with Crippen LogP contribution in [0.25, 0.3) is 22.2 Å². The number of aryl methyl sites for hydroxylation is 1. The molecular formula is C50H56F5N7O5. The summed E-state index contributed by atoms with van der Waals surface area (Å²) in [7, 11) is 3.13. The van der Waals surface area contributed by atoms with Gasteiger partial charge in [-0.1, -0.05) is 24.3 Å². The molecule has 4 fully saturated rings. The molecule has 5 aromatic rings. The Balaban J connectivity index is 1.15. The number of carbonyl (C=O) groups excluding carboxylic acids is 1.